The van der Waals surface area contributed by atoms with Gasteiger partial charge >= 0.3 is 0 Å². The highest BCUT2D eigenvalue weighted by molar-refractivity contribution is 5.94. The minimum absolute atomic E-state index is 0.0138. The van der Waals surface area contributed by atoms with Crippen molar-refractivity contribution in [2.45, 2.75) is 33.1 Å². The van der Waals surface area contributed by atoms with Gasteiger partial charge in [0, 0.05) is 23.7 Å². The quantitative estimate of drug-likeness (QED) is 0.497. The fraction of sp³-hybridized carbons (Fsp3) is 0.588. The lowest BCUT2D eigenvalue weighted by atomic mass is 9.99. The van der Waals surface area contributed by atoms with Gasteiger partial charge in [0.15, 0.2) is 0 Å². The molecule has 1 fully saturated rings. The van der Waals surface area contributed by atoms with Gasteiger partial charge in [-0.2, -0.15) is 0 Å². The summed E-state index contributed by atoms with van der Waals surface area (Å²) in [5.41, 5.74) is 0.889. The Kier molecular flexibility index (Phi) is 6.10. The first-order valence-electron chi connectivity index (χ1n) is 8.23. The third-order valence-electron chi connectivity index (χ3n) is 4.48. The molecule has 1 saturated heterocycles. The molecule has 0 bridgehead atoms. The van der Waals surface area contributed by atoms with Gasteiger partial charge in [-0.15, -0.1) is 0 Å². The van der Waals surface area contributed by atoms with Crippen molar-refractivity contribution in [3.63, 3.8) is 0 Å². The smallest absolute Gasteiger partial charge is 0.273 e. The molecule has 0 unspecified atom stereocenters. The summed E-state index contributed by atoms with van der Waals surface area (Å²) in [5.74, 6) is 0.573. The van der Waals surface area contributed by atoms with Crippen molar-refractivity contribution >= 4 is 11.6 Å². The summed E-state index contributed by atoms with van der Waals surface area (Å²) < 4.78 is 0. The maximum absolute atomic E-state index is 12.1. The van der Waals surface area contributed by atoms with E-state index >= 15 is 0 Å². The number of nitrogens with zero attached hydrogens (tertiary/aromatic N) is 2. The normalized spacial score (nSPS) is 16.3. The van der Waals surface area contributed by atoms with E-state index in [4.69, 9.17) is 0 Å². The van der Waals surface area contributed by atoms with Gasteiger partial charge < -0.3 is 10.2 Å². The molecule has 6 heteroatoms. The molecular formula is C17H25N3O3. The molecule has 0 radical (unpaired) electrons. The summed E-state index contributed by atoms with van der Waals surface area (Å²) in [7, 11) is 0. The number of likely N-dealkylation sites (tertiary alicyclic amines) is 1. The number of nitrogens with one attached hydrogen (secondary N) is 1. The lowest BCUT2D eigenvalue weighted by molar-refractivity contribution is -0.385. The molecule has 1 heterocycles. The lowest BCUT2D eigenvalue weighted by Gasteiger charge is -2.30. The van der Waals surface area contributed by atoms with Crippen LogP contribution in [-0.2, 0) is 0 Å². The van der Waals surface area contributed by atoms with Crippen LogP contribution >= 0.6 is 0 Å². The Bertz CT molecular complexity index is 566. The van der Waals surface area contributed by atoms with Gasteiger partial charge in [-0.3, -0.25) is 14.9 Å². The zero-order valence-corrected chi connectivity index (χ0v) is 13.9. The molecule has 0 aromatic heterocycles. The molecule has 1 aromatic carbocycles. The predicted octanol–water partition coefficient (Wildman–Crippen LogP) is 2.76. The number of nitro groups is 1. The monoisotopic (exact) mass is 319 g/mol. The zero-order chi connectivity index (χ0) is 16.8. The minimum Gasteiger partial charge on any atom is -0.352 e. The highest BCUT2D eigenvalue weighted by atomic mass is 16.6. The first-order chi connectivity index (χ1) is 11.0. The Morgan fingerprint density at radius 2 is 2.09 bits per heavy atom. The molecule has 23 heavy (non-hydrogen) atoms. The number of carbonyl (C=O) groups excluding carboxylic acids is 1. The van der Waals surface area contributed by atoms with Crippen LogP contribution in [0, 0.1) is 23.0 Å². The molecule has 0 spiro atoms. The first-order valence-corrected chi connectivity index (χ1v) is 8.23. The summed E-state index contributed by atoms with van der Waals surface area (Å²) in [6.45, 7) is 7.81. The molecule has 1 amide bonds. The molecule has 0 atom stereocenters. The van der Waals surface area contributed by atoms with Crippen LogP contribution in [0.1, 0.15) is 42.1 Å². The fourth-order valence-electron chi connectivity index (χ4n) is 2.84. The number of rotatable bonds is 6. The maximum atomic E-state index is 12.1. The summed E-state index contributed by atoms with van der Waals surface area (Å²) >= 11 is 0. The number of aryl methyl sites for hydroxylation is 1. The van der Waals surface area contributed by atoms with E-state index in [1.807, 2.05) is 0 Å². The van der Waals surface area contributed by atoms with Crippen molar-refractivity contribution < 1.29 is 9.72 Å². The molecule has 1 aromatic rings. The van der Waals surface area contributed by atoms with Gasteiger partial charge in [0.25, 0.3) is 11.6 Å². The van der Waals surface area contributed by atoms with Gasteiger partial charge in [-0.05, 0) is 57.8 Å². The number of hydrogen-bond donors (Lipinski definition) is 1. The third-order valence-corrected chi connectivity index (χ3v) is 4.48. The summed E-state index contributed by atoms with van der Waals surface area (Å²) in [4.78, 5) is 25.0. The van der Waals surface area contributed by atoms with E-state index < -0.39 is 4.92 Å². The van der Waals surface area contributed by atoms with Crippen LogP contribution in [0.15, 0.2) is 18.2 Å². The largest absolute Gasteiger partial charge is 0.352 e. The van der Waals surface area contributed by atoms with Crippen molar-refractivity contribution in [3.8, 4) is 0 Å². The highest BCUT2D eigenvalue weighted by Crippen LogP contribution is 2.19. The molecule has 1 N–H and O–H groups in total. The highest BCUT2D eigenvalue weighted by Gasteiger charge is 2.16. The summed E-state index contributed by atoms with van der Waals surface area (Å²) in [6, 6.07) is 4.59. The Balaban J connectivity index is 1.77. The van der Waals surface area contributed by atoms with E-state index in [0.29, 0.717) is 17.7 Å². The van der Waals surface area contributed by atoms with Crippen molar-refractivity contribution in [2.75, 3.05) is 26.2 Å². The zero-order valence-electron chi connectivity index (χ0n) is 13.9. The van der Waals surface area contributed by atoms with Crippen LogP contribution in [0.5, 0.6) is 0 Å². The van der Waals surface area contributed by atoms with Crippen LogP contribution in [0.4, 0.5) is 5.69 Å². The Hall–Kier alpha value is -1.95. The van der Waals surface area contributed by atoms with E-state index in [2.05, 4.69) is 17.1 Å². The van der Waals surface area contributed by atoms with E-state index in [-0.39, 0.29) is 11.6 Å². The number of benzene rings is 1. The number of nitro benzene ring substituents is 1. The third kappa shape index (κ3) is 5.03. The van der Waals surface area contributed by atoms with Crippen molar-refractivity contribution in [2.24, 2.45) is 5.92 Å². The topological polar surface area (TPSA) is 75.5 Å². The van der Waals surface area contributed by atoms with Crippen molar-refractivity contribution in [3.05, 3.63) is 39.4 Å². The number of hydrogen-bond acceptors (Lipinski definition) is 4. The van der Waals surface area contributed by atoms with Crippen LogP contribution in [-0.4, -0.2) is 41.9 Å². The predicted molar refractivity (Wildman–Crippen MR) is 89.6 cm³/mol. The first kappa shape index (κ1) is 17.4. The molecular weight excluding hydrogens is 294 g/mol. The second-order valence-corrected chi connectivity index (χ2v) is 6.39. The molecule has 1 aliphatic rings. The minimum atomic E-state index is -0.455. The van der Waals surface area contributed by atoms with Gasteiger partial charge in [0.1, 0.15) is 0 Å². The van der Waals surface area contributed by atoms with Gasteiger partial charge in [0.05, 0.1) is 4.92 Å². The Morgan fingerprint density at radius 1 is 1.39 bits per heavy atom. The number of amides is 1. The number of piperidine rings is 1. The molecule has 0 saturated carbocycles. The van der Waals surface area contributed by atoms with E-state index in [9.17, 15) is 14.9 Å². The second-order valence-electron chi connectivity index (χ2n) is 6.39. The van der Waals surface area contributed by atoms with Crippen molar-refractivity contribution in [1.29, 1.82) is 0 Å². The number of carbonyl (C=O) groups is 1. The SMILES string of the molecule is Cc1ccc(C(=O)NCCCN2CCC(C)CC2)cc1[N+](=O)[O-]. The van der Waals surface area contributed by atoms with Gasteiger partial charge in [0.2, 0.25) is 0 Å². The average Bonchev–Trinajstić information content (AvgIpc) is 2.53. The summed E-state index contributed by atoms with van der Waals surface area (Å²) in [5, 5.41) is 13.8. The fourth-order valence-corrected chi connectivity index (χ4v) is 2.84. The van der Waals surface area contributed by atoms with E-state index in [1.165, 1.54) is 18.9 Å². The Labute approximate surface area is 137 Å². The molecule has 1 aliphatic heterocycles. The van der Waals surface area contributed by atoms with Crippen LogP contribution in [0.3, 0.4) is 0 Å². The standard InChI is InChI=1S/C17H25N3O3/c1-13-6-10-19(11-7-13)9-3-8-18-17(21)15-5-4-14(2)16(12-15)20(22)23/h4-5,12-13H,3,6-11H2,1-2H3,(H,18,21). The van der Waals surface area contributed by atoms with E-state index in [1.54, 1.807) is 19.1 Å². The molecule has 2 rings (SSSR count). The van der Waals surface area contributed by atoms with E-state index in [0.717, 1.165) is 32.0 Å². The van der Waals surface area contributed by atoms with Crippen molar-refractivity contribution in [1.82, 2.24) is 10.2 Å². The summed E-state index contributed by atoms with van der Waals surface area (Å²) in [6.07, 6.45) is 3.40. The van der Waals surface area contributed by atoms with Crippen LogP contribution in [0.2, 0.25) is 0 Å². The molecule has 0 aliphatic carbocycles. The van der Waals surface area contributed by atoms with Gasteiger partial charge in [-0.1, -0.05) is 13.0 Å². The average molecular weight is 319 g/mol. The van der Waals surface area contributed by atoms with Crippen LogP contribution < -0.4 is 5.32 Å². The molecule has 126 valence electrons. The van der Waals surface area contributed by atoms with Gasteiger partial charge in [-0.25, -0.2) is 0 Å². The lowest BCUT2D eigenvalue weighted by Crippen LogP contribution is -2.35. The maximum Gasteiger partial charge on any atom is 0.273 e. The molecule has 6 nitrogen and oxygen atoms in total. The Morgan fingerprint density at radius 3 is 2.74 bits per heavy atom. The second kappa shape index (κ2) is 8.06. The van der Waals surface area contributed by atoms with Crippen LogP contribution in [0.25, 0.3) is 0 Å².